The first-order valence-corrected chi connectivity index (χ1v) is 4.61. The van der Waals surface area contributed by atoms with Crippen LogP contribution in [0.5, 0.6) is 0 Å². The first-order chi connectivity index (χ1) is 5.81. The number of esters is 1. The lowest BCUT2D eigenvalue weighted by molar-refractivity contribution is -0.142. The van der Waals surface area contributed by atoms with E-state index in [-0.39, 0.29) is 5.97 Å². The highest BCUT2D eigenvalue weighted by Gasteiger charge is 1.97. The predicted molar refractivity (Wildman–Crippen MR) is 49.9 cm³/mol. The van der Waals surface area contributed by atoms with Gasteiger partial charge < -0.3 is 4.74 Å². The van der Waals surface area contributed by atoms with Gasteiger partial charge in [-0.25, -0.2) is 0 Å². The Kier molecular flexibility index (Phi) is 7.76. The SMILES string of the molecule is CCC/C=C/CCC(=O)OCC. The molecule has 0 aromatic rings. The maximum Gasteiger partial charge on any atom is 0.306 e. The third-order valence-corrected chi connectivity index (χ3v) is 1.44. The van der Waals surface area contributed by atoms with E-state index in [0.717, 1.165) is 19.3 Å². The lowest BCUT2D eigenvalue weighted by Gasteiger charge is -1.97. The van der Waals surface area contributed by atoms with Crippen molar-refractivity contribution in [2.24, 2.45) is 0 Å². The van der Waals surface area contributed by atoms with E-state index in [1.807, 2.05) is 13.0 Å². The molecule has 0 aliphatic rings. The normalized spacial score (nSPS) is 10.5. The van der Waals surface area contributed by atoms with E-state index in [0.29, 0.717) is 13.0 Å². The summed E-state index contributed by atoms with van der Waals surface area (Å²) in [6.07, 6.45) is 7.73. The molecule has 0 saturated heterocycles. The Morgan fingerprint density at radius 2 is 1.92 bits per heavy atom. The summed E-state index contributed by atoms with van der Waals surface area (Å²) in [5, 5.41) is 0. The first kappa shape index (κ1) is 11.2. The smallest absolute Gasteiger partial charge is 0.306 e. The summed E-state index contributed by atoms with van der Waals surface area (Å²) in [6.45, 7) is 4.44. The number of ether oxygens (including phenoxy) is 1. The molecule has 0 unspecified atom stereocenters. The Balaban J connectivity index is 3.24. The Morgan fingerprint density at radius 1 is 1.25 bits per heavy atom. The second kappa shape index (κ2) is 8.31. The summed E-state index contributed by atoms with van der Waals surface area (Å²) < 4.78 is 4.78. The quantitative estimate of drug-likeness (QED) is 0.452. The van der Waals surface area contributed by atoms with Gasteiger partial charge in [-0.2, -0.15) is 0 Å². The highest BCUT2D eigenvalue weighted by molar-refractivity contribution is 5.69. The minimum Gasteiger partial charge on any atom is -0.466 e. The molecule has 0 N–H and O–H groups in total. The van der Waals surface area contributed by atoms with Gasteiger partial charge in [0.2, 0.25) is 0 Å². The molecule has 12 heavy (non-hydrogen) atoms. The van der Waals surface area contributed by atoms with Gasteiger partial charge in [0.1, 0.15) is 0 Å². The van der Waals surface area contributed by atoms with Crippen molar-refractivity contribution in [3.8, 4) is 0 Å². The summed E-state index contributed by atoms with van der Waals surface area (Å²) in [5.41, 5.74) is 0. The van der Waals surface area contributed by atoms with Gasteiger partial charge in [0.15, 0.2) is 0 Å². The minimum atomic E-state index is -0.0985. The molecule has 0 fully saturated rings. The molecule has 0 aromatic carbocycles. The van der Waals surface area contributed by atoms with E-state index in [4.69, 9.17) is 4.74 Å². The average Bonchev–Trinajstić information content (AvgIpc) is 2.05. The van der Waals surface area contributed by atoms with E-state index in [2.05, 4.69) is 13.0 Å². The van der Waals surface area contributed by atoms with Gasteiger partial charge in [0, 0.05) is 6.42 Å². The van der Waals surface area contributed by atoms with Crippen molar-refractivity contribution in [2.75, 3.05) is 6.61 Å². The van der Waals surface area contributed by atoms with Crippen molar-refractivity contribution in [1.82, 2.24) is 0 Å². The van der Waals surface area contributed by atoms with Crippen LogP contribution in [-0.4, -0.2) is 12.6 Å². The van der Waals surface area contributed by atoms with Gasteiger partial charge in [-0.3, -0.25) is 4.79 Å². The molecule has 2 heteroatoms. The Labute approximate surface area is 74.6 Å². The Bertz CT molecular complexity index is 139. The summed E-state index contributed by atoms with van der Waals surface area (Å²) in [7, 11) is 0. The van der Waals surface area contributed by atoms with Crippen molar-refractivity contribution in [2.45, 2.75) is 39.5 Å². The summed E-state index contributed by atoms with van der Waals surface area (Å²) in [6, 6.07) is 0. The zero-order valence-electron chi connectivity index (χ0n) is 8.01. The Morgan fingerprint density at radius 3 is 2.50 bits per heavy atom. The van der Waals surface area contributed by atoms with Crippen LogP contribution >= 0.6 is 0 Å². The molecule has 0 aliphatic carbocycles. The summed E-state index contributed by atoms with van der Waals surface area (Å²) in [5.74, 6) is -0.0985. The van der Waals surface area contributed by atoms with Crippen LogP contribution in [0.2, 0.25) is 0 Å². The van der Waals surface area contributed by atoms with Gasteiger partial charge in [0.25, 0.3) is 0 Å². The number of hydrogen-bond acceptors (Lipinski definition) is 2. The number of hydrogen-bond donors (Lipinski definition) is 0. The second-order valence-electron chi connectivity index (χ2n) is 2.60. The molecule has 0 aliphatic heterocycles. The zero-order valence-corrected chi connectivity index (χ0v) is 8.01. The fraction of sp³-hybridized carbons (Fsp3) is 0.700. The number of carbonyl (C=O) groups excluding carboxylic acids is 1. The van der Waals surface area contributed by atoms with Crippen molar-refractivity contribution < 1.29 is 9.53 Å². The van der Waals surface area contributed by atoms with Gasteiger partial charge >= 0.3 is 5.97 Å². The highest BCUT2D eigenvalue weighted by Crippen LogP contribution is 1.96. The van der Waals surface area contributed by atoms with Crippen molar-refractivity contribution >= 4 is 5.97 Å². The van der Waals surface area contributed by atoms with Crippen molar-refractivity contribution in [3.05, 3.63) is 12.2 Å². The Hall–Kier alpha value is -0.790. The molecule has 0 bridgehead atoms. The maximum absolute atomic E-state index is 10.8. The van der Waals surface area contributed by atoms with Crippen LogP contribution in [0, 0.1) is 0 Å². The molecule has 2 nitrogen and oxygen atoms in total. The molecular weight excluding hydrogens is 152 g/mol. The topological polar surface area (TPSA) is 26.3 Å². The molecule has 0 heterocycles. The van der Waals surface area contributed by atoms with Gasteiger partial charge in [-0.05, 0) is 19.8 Å². The molecule has 0 spiro atoms. The summed E-state index contributed by atoms with van der Waals surface area (Å²) in [4.78, 5) is 10.8. The van der Waals surface area contributed by atoms with Crippen LogP contribution in [0.15, 0.2) is 12.2 Å². The third-order valence-electron chi connectivity index (χ3n) is 1.44. The fourth-order valence-corrected chi connectivity index (χ4v) is 0.837. The van der Waals surface area contributed by atoms with Gasteiger partial charge in [0.05, 0.1) is 6.61 Å². The highest BCUT2D eigenvalue weighted by atomic mass is 16.5. The predicted octanol–water partition coefficient (Wildman–Crippen LogP) is 2.69. The number of allylic oxidation sites excluding steroid dienone is 2. The number of unbranched alkanes of at least 4 members (excludes halogenated alkanes) is 1. The number of carbonyl (C=O) groups is 1. The molecule has 0 radical (unpaired) electrons. The molecule has 0 saturated carbocycles. The lowest BCUT2D eigenvalue weighted by Crippen LogP contribution is -2.02. The third kappa shape index (κ3) is 7.32. The monoisotopic (exact) mass is 170 g/mol. The second-order valence-corrected chi connectivity index (χ2v) is 2.60. The van der Waals surface area contributed by atoms with Crippen LogP contribution in [0.4, 0.5) is 0 Å². The molecule has 0 atom stereocenters. The molecule has 70 valence electrons. The first-order valence-electron chi connectivity index (χ1n) is 4.61. The maximum atomic E-state index is 10.8. The van der Waals surface area contributed by atoms with Crippen molar-refractivity contribution in [1.29, 1.82) is 0 Å². The molecule has 0 rings (SSSR count). The zero-order chi connectivity index (χ0) is 9.23. The van der Waals surface area contributed by atoms with Crippen molar-refractivity contribution in [3.63, 3.8) is 0 Å². The van der Waals surface area contributed by atoms with Gasteiger partial charge in [-0.1, -0.05) is 25.5 Å². The van der Waals surface area contributed by atoms with Crippen LogP contribution in [0.1, 0.15) is 39.5 Å². The van der Waals surface area contributed by atoms with Crippen LogP contribution < -0.4 is 0 Å². The van der Waals surface area contributed by atoms with E-state index in [1.54, 1.807) is 0 Å². The number of rotatable bonds is 6. The van der Waals surface area contributed by atoms with E-state index in [9.17, 15) is 4.79 Å². The minimum absolute atomic E-state index is 0.0985. The average molecular weight is 170 g/mol. The molecular formula is C10H18O2. The van der Waals surface area contributed by atoms with E-state index in [1.165, 1.54) is 0 Å². The van der Waals surface area contributed by atoms with Crippen LogP contribution in [0.25, 0.3) is 0 Å². The summed E-state index contributed by atoms with van der Waals surface area (Å²) >= 11 is 0. The van der Waals surface area contributed by atoms with E-state index < -0.39 is 0 Å². The largest absolute Gasteiger partial charge is 0.466 e. The lowest BCUT2D eigenvalue weighted by atomic mass is 10.2. The van der Waals surface area contributed by atoms with Crippen LogP contribution in [-0.2, 0) is 9.53 Å². The van der Waals surface area contributed by atoms with Gasteiger partial charge in [-0.15, -0.1) is 0 Å². The van der Waals surface area contributed by atoms with Crippen LogP contribution in [0.3, 0.4) is 0 Å². The molecule has 0 amide bonds. The standard InChI is InChI=1S/C10H18O2/c1-3-5-6-7-8-9-10(11)12-4-2/h6-7H,3-5,8-9H2,1-2H3/b7-6+. The molecule has 0 aromatic heterocycles. The van der Waals surface area contributed by atoms with E-state index >= 15 is 0 Å². The fourth-order valence-electron chi connectivity index (χ4n) is 0.837.